The average Bonchev–Trinajstić information content (AvgIpc) is 2.83. The molecule has 4 aromatic heterocycles. The van der Waals surface area contributed by atoms with Crippen molar-refractivity contribution in [2.45, 2.75) is 25.3 Å². The Balaban J connectivity index is 1.67. The lowest BCUT2D eigenvalue weighted by Crippen LogP contribution is -2.22. The molecule has 194 valence electrons. The van der Waals surface area contributed by atoms with Gasteiger partial charge in [0, 0.05) is 25.5 Å². The van der Waals surface area contributed by atoms with Gasteiger partial charge in [0.05, 0.1) is 29.6 Å². The molecule has 0 fully saturated rings. The molecule has 1 atom stereocenters. The van der Waals surface area contributed by atoms with Gasteiger partial charge in [0.1, 0.15) is 28.5 Å². The van der Waals surface area contributed by atoms with Gasteiger partial charge in [-0.15, -0.1) is 10.2 Å². The zero-order chi connectivity index (χ0) is 26.8. The largest absolute Gasteiger partial charge is 0.418 e. The number of nitrogens with one attached hydrogen (secondary N) is 2. The van der Waals surface area contributed by atoms with Crippen molar-refractivity contribution in [1.82, 2.24) is 30.1 Å². The van der Waals surface area contributed by atoms with E-state index >= 15 is 0 Å². The van der Waals surface area contributed by atoms with Crippen molar-refractivity contribution < 1.29 is 31.1 Å². The van der Waals surface area contributed by atoms with Crippen molar-refractivity contribution in [2.75, 3.05) is 24.4 Å². The lowest BCUT2D eigenvalue weighted by Gasteiger charge is -2.16. The normalized spacial score (nSPS) is 13.0. The Morgan fingerprint density at radius 2 is 1.70 bits per heavy atom. The number of hydrogen-bond donors (Lipinski definition) is 2. The summed E-state index contributed by atoms with van der Waals surface area (Å²) in [4.78, 5) is 16.1. The number of anilines is 3. The second kappa shape index (κ2) is 10.1. The van der Waals surface area contributed by atoms with Gasteiger partial charge in [-0.3, -0.25) is 0 Å². The quantitative estimate of drug-likeness (QED) is 0.319. The molecule has 0 aromatic carbocycles. The van der Waals surface area contributed by atoms with Crippen molar-refractivity contribution in [3.8, 4) is 11.4 Å². The molecule has 0 saturated carbocycles. The summed E-state index contributed by atoms with van der Waals surface area (Å²) in [6, 6.07) is 3.96. The number of ether oxygens (including phenoxy) is 1. The molecule has 0 aliphatic carbocycles. The van der Waals surface area contributed by atoms with Crippen LogP contribution < -0.4 is 10.6 Å². The van der Waals surface area contributed by atoms with E-state index in [2.05, 4.69) is 40.8 Å². The van der Waals surface area contributed by atoms with Gasteiger partial charge in [0.25, 0.3) is 0 Å². The molecule has 0 aliphatic rings. The van der Waals surface area contributed by atoms with E-state index in [0.29, 0.717) is 6.20 Å². The van der Waals surface area contributed by atoms with Crippen molar-refractivity contribution in [2.24, 2.45) is 0 Å². The number of methoxy groups -OCH3 is 1. The minimum absolute atomic E-state index is 0.0275. The molecular weight excluding hydrogens is 506 g/mol. The molecule has 1 unspecified atom stereocenters. The maximum atomic E-state index is 13.9. The van der Waals surface area contributed by atoms with Crippen LogP contribution in [0, 0.1) is 0 Å². The third-order valence-corrected chi connectivity index (χ3v) is 4.95. The average molecular weight is 524 g/mol. The van der Waals surface area contributed by atoms with Crippen LogP contribution in [0.5, 0.6) is 0 Å². The molecule has 9 nitrogen and oxygen atoms in total. The minimum Gasteiger partial charge on any atom is -0.383 e. The van der Waals surface area contributed by atoms with E-state index in [9.17, 15) is 26.3 Å². The second-order valence-corrected chi connectivity index (χ2v) is 7.83. The fraction of sp³-hybridized carbons (Fsp3) is 0.273. The number of nitrogens with zero attached hydrogens (tertiary/aromatic N) is 6. The first-order chi connectivity index (χ1) is 17.5. The van der Waals surface area contributed by atoms with Crippen LogP contribution in [0.25, 0.3) is 22.6 Å². The van der Waals surface area contributed by atoms with Crippen LogP contribution in [0.1, 0.15) is 18.1 Å². The van der Waals surface area contributed by atoms with Crippen LogP contribution in [0.15, 0.2) is 42.9 Å². The number of alkyl halides is 6. The highest BCUT2D eigenvalue weighted by Crippen LogP contribution is 2.37. The highest BCUT2D eigenvalue weighted by molar-refractivity contribution is 5.87. The Morgan fingerprint density at radius 1 is 0.919 bits per heavy atom. The van der Waals surface area contributed by atoms with E-state index in [1.54, 1.807) is 6.92 Å². The third-order valence-electron chi connectivity index (χ3n) is 4.95. The second-order valence-electron chi connectivity index (χ2n) is 7.83. The summed E-state index contributed by atoms with van der Waals surface area (Å²) in [5.41, 5.74) is -2.35. The maximum Gasteiger partial charge on any atom is 0.418 e. The summed E-state index contributed by atoms with van der Waals surface area (Å²) in [7, 11) is 1.46. The third kappa shape index (κ3) is 5.99. The van der Waals surface area contributed by atoms with E-state index in [1.807, 2.05) is 0 Å². The molecule has 0 bridgehead atoms. The highest BCUT2D eigenvalue weighted by Gasteiger charge is 2.36. The molecule has 4 aromatic rings. The van der Waals surface area contributed by atoms with E-state index in [4.69, 9.17) is 4.74 Å². The number of pyridine rings is 2. The van der Waals surface area contributed by atoms with Crippen LogP contribution >= 0.6 is 0 Å². The summed E-state index contributed by atoms with van der Waals surface area (Å²) >= 11 is 0. The molecular formula is C22H18F6N8O. The molecule has 0 spiro atoms. The Kier molecular flexibility index (Phi) is 7.07. The summed E-state index contributed by atoms with van der Waals surface area (Å²) in [6.45, 7) is 1.95. The monoisotopic (exact) mass is 524 g/mol. The van der Waals surface area contributed by atoms with Gasteiger partial charge in [-0.1, -0.05) is 0 Å². The van der Waals surface area contributed by atoms with Crippen LogP contribution in [-0.4, -0.2) is 49.9 Å². The maximum absolute atomic E-state index is 13.9. The SMILES string of the molecule is COCC(C)Nc1cc(C(F)(F)F)c(-c2cnc3c(Nc4ccc(C(F)(F)F)cn4)ccnc3n2)nn1. The minimum atomic E-state index is -4.77. The van der Waals surface area contributed by atoms with E-state index < -0.39 is 29.2 Å². The van der Waals surface area contributed by atoms with Crippen LogP contribution in [0.4, 0.5) is 43.7 Å². The standard InChI is InChI=1S/C22H18F6N8O/c1-11(10-37-2)32-17-7-13(22(26,27)28)18(36-35-17)15-9-31-19-14(5-6-29-20(19)34-15)33-16-4-3-12(8-30-16)21(23,24)25/h3-9,11H,10H2,1-2H3,(H,32,35)(H,29,30,33,34). The van der Waals surface area contributed by atoms with Gasteiger partial charge in [-0.25, -0.2) is 19.9 Å². The first-order valence-electron chi connectivity index (χ1n) is 10.6. The fourth-order valence-corrected chi connectivity index (χ4v) is 3.32. The summed E-state index contributed by atoms with van der Waals surface area (Å²) in [6.07, 6.45) is -6.25. The van der Waals surface area contributed by atoms with Gasteiger partial charge < -0.3 is 15.4 Å². The predicted molar refractivity (Wildman–Crippen MR) is 121 cm³/mol. The Labute approximate surface area is 205 Å². The van der Waals surface area contributed by atoms with E-state index in [1.165, 1.54) is 19.4 Å². The molecule has 15 heteroatoms. The summed E-state index contributed by atoms with van der Waals surface area (Å²) in [5.74, 6) is -0.00887. The fourth-order valence-electron chi connectivity index (χ4n) is 3.32. The predicted octanol–water partition coefficient (Wildman–Crippen LogP) is 5.10. The molecule has 0 aliphatic heterocycles. The van der Waals surface area contributed by atoms with Crippen molar-refractivity contribution in [3.05, 3.63) is 54.0 Å². The van der Waals surface area contributed by atoms with Crippen LogP contribution in [0.2, 0.25) is 0 Å². The number of fused-ring (bicyclic) bond motifs is 1. The number of rotatable bonds is 7. The number of hydrogen-bond acceptors (Lipinski definition) is 9. The van der Waals surface area contributed by atoms with Gasteiger partial charge in [-0.05, 0) is 31.2 Å². The molecule has 0 amide bonds. The lowest BCUT2D eigenvalue weighted by molar-refractivity contribution is -0.138. The number of halogens is 6. The Hall–Kier alpha value is -4.14. The highest BCUT2D eigenvalue weighted by atomic mass is 19.4. The lowest BCUT2D eigenvalue weighted by atomic mass is 10.1. The van der Waals surface area contributed by atoms with Gasteiger partial charge >= 0.3 is 12.4 Å². The summed E-state index contributed by atoms with van der Waals surface area (Å²) < 4.78 is 84.8. The Bertz CT molecular complexity index is 1400. The smallest absolute Gasteiger partial charge is 0.383 e. The summed E-state index contributed by atoms with van der Waals surface area (Å²) in [5, 5.41) is 13.1. The van der Waals surface area contributed by atoms with Crippen LogP contribution in [0.3, 0.4) is 0 Å². The Morgan fingerprint density at radius 3 is 2.35 bits per heavy atom. The van der Waals surface area contributed by atoms with Gasteiger partial charge in [-0.2, -0.15) is 26.3 Å². The first-order valence-corrected chi connectivity index (χ1v) is 10.6. The zero-order valence-corrected chi connectivity index (χ0v) is 19.2. The van der Waals surface area contributed by atoms with E-state index in [0.717, 1.165) is 24.4 Å². The van der Waals surface area contributed by atoms with Crippen molar-refractivity contribution >= 4 is 28.5 Å². The van der Waals surface area contributed by atoms with Crippen LogP contribution in [-0.2, 0) is 17.1 Å². The molecule has 37 heavy (non-hydrogen) atoms. The molecule has 0 saturated heterocycles. The van der Waals surface area contributed by atoms with Crippen molar-refractivity contribution in [1.29, 1.82) is 0 Å². The topological polar surface area (TPSA) is 111 Å². The first kappa shape index (κ1) is 25.9. The molecule has 0 radical (unpaired) electrons. The molecule has 4 heterocycles. The molecule has 4 rings (SSSR count). The van der Waals surface area contributed by atoms with Gasteiger partial charge in [0.15, 0.2) is 5.65 Å². The molecule has 2 N–H and O–H groups in total. The number of aromatic nitrogens is 6. The van der Waals surface area contributed by atoms with Crippen molar-refractivity contribution in [3.63, 3.8) is 0 Å². The van der Waals surface area contributed by atoms with E-state index in [-0.39, 0.29) is 46.8 Å². The van der Waals surface area contributed by atoms with Gasteiger partial charge in [0.2, 0.25) is 0 Å². The zero-order valence-electron chi connectivity index (χ0n) is 19.2.